The second-order valence-corrected chi connectivity index (χ2v) is 7.00. The van der Waals surface area contributed by atoms with Crippen LogP contribution in [0.15, 0.2) is 18.2 Å². The number of hydrogen-bond acceptors (Lipinski definition) is 3. The van der Waals surface area contributed by atoms with E-state index >= 15 is 0 Å². The fourth-order valence-electron chi connectivity index (χ4n) is 4.36. The standard InChI is InChI=1S/C17H24FNO2/c1-19(2)10-12-5-3-11-4-6-16(11)17(12,21)13-7-14(18)9-15(20)8-13/h7-9,11-12,16,20-21H,3-6,10H2,1-2H3/t11-,12-,16+,17-/m1/s1. The van der Waals surface area contributed by atoms with Crippen LogP contribution in [-0.4, -0.2) is 35.8 Å². The zero-order valence-corrected chi connectivity index (χ0v) is 12.7. The molecule has 21 heavy (non-hydrogen) atoms. The summed E-state index contributed by atoms with van der Waals surface area (Å²) in [4.78, 5) is 2.08. The molecule has 3 rings (SSSR count). The van der Waals surface area contributed by atoms with E-state index in [1.807, 2.05) is 14.1 Å². The first-order valence-corrected chi connectivity index (χ1v) is 7.78. The van der Waals surface area contributed by atoms with Crippen molar-refractivity contribution in [1.82, 2.24) is 4.90 Å². The van der Waals surface area contributed by atoms with Crippen LogP contribution < -0.4 is 0 Å². The van der Waals surface area contributed by atoms with E-state index in [0.717, 1.165) is 38.3 Å². The van der Waals surface area contributed by atoms with E-state index in [1.54, 1.807) is 0 Å². The third kappa shape index (κ3) is 2.44. The van der Waals surface area contributed by atoms with Gasteiger partial charge in [-0.3, -0.25) is 0 Å². The minimum atomic E-state index is -1.02. The fourth-order valence-corrected chi connectivity index (χ4v) is 4.36. The molecule has 4 atom stereocenters. The maximum absolute atomic E-state index is 13.7. The molecule has 0 unspecified atom stereocenters. The molecule has 1 aromatic carbocycles. The van der Waals surface area contributed by atoms with Crippen molar-refractivity contribution in [3.05, 3.63) is 29.6 Å². The van der Waals surface area contributed by atoms with Crippen molar-refractivity contribution in [2.75, 3.05) is 20.6 Å². The first-order valence-electron chi connectivity index (χ1n) is 7.78. The smallest absolute Gasteiger partial charge is 0.127 e. The van der Waals surface area contributed by atoms with Crippen LogP contribution in [0.2, 0.25) is 0 Å². The Bertz CT molecular complexity index is 513. The minimum Gasteiger partial charge on any atom is -0.508 e. The Kier molecular flexibility index (Phi) is 3.70. The molecule has 0 saturated heterocycles. The van der Waals surface area contributed by atoms with Gasteiger partial charge in [-0.1, -0.05) is 0 Å². The van der Waals surface area contributed by atoms with E-state index in [2.05, 4.69) is 4.90 Å². The van der Waals surface area contributed by atoms with Gasteiger partial charge in [-0.05, 0) is 69.3 Å². The van der Waals surface area contributed by atoms with Gasteiger partial charge in [0, 0.05) is 18.5 Å². The largest absolute Gasteiger partial charge is 0.508 e. The Morgan fingerprint density at radius 2 is 1.90 bits per heavy atom. The Labute approximate surface area is 125 Å². The molecule has 2 aliphatic carbocycles. The van der Waals surface area contributed by atoms with Gasteiger partial charge in [-0.15, -0.1) is 0 Å². The summed E-state index contributed by atoms with van der Waals surface area (Å²) in [5.41, 5.74) is -0.480. The predicted molar refractivity (Wildman–Crippen MR) is 79.5 cm³/mol. The minimum absolute atomic E-state index is 0.0789. The maximum Gasteiger partial charge on any atom is 0.127 e. The highest BCUT2D eigenvalue weighted by atomic mass is 19.1. The van der Waals surface area contributed by atoms with Gasteiger partial charge < -0.3 is 15.1 Å². The van der Waals surface area contributed by atoms with Crippen molar-refractivity contribution in [3.8, 4) is 5.75 Å². The summed E-state index contributed by atoms with van der Waals surface area (Å²) in [5, 5.41) is 21.2. The maximum atomic E-state index is 13.7. The summed E-state index contributed by atoms with van der Waals surface area (Å²) in [6, 6.07) is 4.02. The molecule has 3 nitrogen and oxygen atoms in total. The van der Waals surface area contributed by atoms with Crippen LogP contribution in [0, 0.1) is 23.6 Å². The Balaban J connectivity index is 2.02. The lowest BCUT2D eigenvalue weighted by molar-refractivity contribution is -0.163. The molecule has 2 fully saturated rings. The lowest BCUT2D eigenvalue weighted by atomic mass is 9.53. The van der Waals surface area contributed by atoms with Gasteiger partial charge in [0.05, 0.1) is 5.60 Å². The van der Waals surface area contributed by atoms with Gasteiger partial charge in [0.2, 0.25) is 0 Å². The van der Waals surface area contributed by atoms with Crippen LogP contribution in [-0.2, 0) is 5.60 Å². The Morgan fingerprint density at radius 3 is 2.48 bits per heavy atom. The lowest BCUT2D eigenvalue weighted by Gasteiger charge is -2.56. The number of halogens is 1. The zero-order chi connectivity index (χ0) is 15.2. The van der Waals surface area contributed by atoms with Crippen LogP contribution >= 0.6 is 0 Å². The molecule has 2 aliphatic rings. The van der Waals surface area contributed by atoms with Crippen LogP contribution in [0.4, 0.5) is 4.39 Å². The van der Waals surface area contributed by atoms with Crippen molar-refractivity contribution < 1.29 is 14.6 Å². The number of rotatable bonds is 3. The molecule has 0 amide bonds. The van der Waals surface area contributed by atoms with Crippen molar-refractivity contribution >= 4 is 0 Å². The quantitative estimate of drug-likeness (QED) is 0.900. The third-order valence-corrected chi connectivity index (χ3v) is 5.42. The summed E-state index contributed by atoms with van der Waals surface area (Å²) < 4.78 is 13.7. The number of phenols is 1. The third-order valence-electron chi connectivity index (χ3n) is 5.42. The van der Waals surface area contributed by atoms with Crippen molar-refractivity contribution in [2.45, 2.75) is 31.3 Å². The fraction of sp³-hybridized carbons (Fsp3) is 0.647. The molecule has 2 saturated carbocycles. The van der Waals surface area contributed by atoms with Crippen molar-refractivity contribution in [3.63, 3.8) is 0 Å². The highest BCUT2D eigenvalue weighted by molar-refractivity contribution is 5.34. The topological polar surface area (TPSA) is 43.7 Å². The number of aromatic hydroxyl groups is 1. The molecule has 4 heteroatoms. The number of phenolic OH excluding ortho intramolecular Hbond substituents is 1. The van der Waals surface area contributed by atoms with Crippen LogP contribution in [0.1, 0.15) is 31.2 Å². The van der Waals surface area contributed by atoms with E-state index in [-0.39, 0.29) is 17.6 Å². The second kappa shape index (κ2) is 5.25. The first-order chi connectivity index (χ1) is 9.91. The average molecular weight is 293 g/mol. The average Bonchev–Trinajstić information content (AvgIpc) is 2.33. The lowest BCUT2D eigenvalue weighted by Crippen LogP contribution is -2.55. The molecule has 0 bridgehead atoms. The van der Waals surface area contributed by atoms with E-state index in [1.165, 1.54) is 12.1 Å². The second-order valence-electron chi connectivity index (χ2n) is 7.00. The summed E-state index contributed by atoms with van der Waals surface area (Å²) >= 11 is 0. The molecule has 0 aliphatic heterocycles. The predicted octanol–water partition coefficient (Wildman–Crippen LogP) is 2.72. The molecule has 2 N–H and O–H groups in total. The highest BCUT2D eigenvalue weighted by Gasteiger charge is 2.55. The van der Waals surface area contributed by atoms with Crippen LogP contribution in [0.5, 0.6) is 5.75 Å². The number of hydrogen-bond donors (Lipinski definition) is 2. The number of fused-ring (bicyclic) bond motifs is 1. The Hall–Kier alpha value is -1.13. The summed E-state index contributed by atoms with van der Waals surface area (Å²) in [5.74, 6) is 0.221. The summed E-state index contributed by atoms with van der Waals surface area (Å²) in [6.07, 6.45) is 4.24. The van der Waals surface area contributed by atoms with Gasteiger partial charge in [-0.2, -0.15) is 0 Å². The molecule has 0 aromatic heterocycles. The monoisotopic (exact) mass is 293 g/mol. The zero-order valence-electron chi connectivity index (χ0n) is 12.7. The molecule has 1 aromatic rings. The molecular formula is C17H24FNO2. The number of aliphatic hydroxyl groups is 1. The molecular weight excluding hydrogens is 269 g/mol. The summed E-state index contributed by atoms with van der Waals surface area (Å²) in [6.45, 7) is 0.775. The van der Waals surface area contributed by atoms with Gasteiger partial charge >= 0.3 is 0 Å². The normalized spacial score (nSPS) is 35.4. The first kappa shape index (κ1) is 14.8. The number of benzene rings is 1. The summed E-state index contributed by atoms with van der Waals surface area (Å²) in [7, 11) is 3.99. The molecule has 0 heterocycles. The van der Waals surface area contributed by atoms with Gasteiger partial charge in [0.1, 0.15) is 11.6 Å². The number of nitrogens with zero attached hydrogens (tertiary/aromatic N) is 1. The van der Waals surface area contributed by atoms with Gasteiger partial charge in [0.15, 0.2) is 0 Å². The van der Waals surface area contributed by atoms with Crippen molar-refractivity contribution in [1.29, 1.82) is 0 Å². The van der Waals surface area contributed by atoms with Gasteiger partial charge in [-0.25, -0.2) is 4.39 Å². The van der Waals surface area contributed by atoms with Crippen LogP contribution in [0.3, 0.4) is 0 Å². The van der Waals surface area contributed by atoms with E-state index in [0.29, 0.717) is 11.5 Å². The molecule has 0 radical (unpaired) electrons. The van der Waals surface area contributed by atoms with E-state index < -0.39 is 11.4 Å². The van der Waals surface area contributed by atoms with E-state index in [4.69, 9.17) is 0 Å². The SMILES string of the molecule is CN(C)C[C@H]1CC[C@@H]2CC[C@@H]2[C@]1(O)c1cc(O)cc(F)c1. The molecule has 0 spiro atoms. The van der Waals surface area contributed by atoms with Crippen LogP contribution in [0.25, 0.3) is 0 Å². The van der Waals surface area contributed by atoms with E-state index in [9.17, 15) is 14.6 Å². The van der Waals surface area contributed by atoms with Crippen molar-refractivity contribution in [2.24, 2.45) is 17.8 Å². The van der Waals surface area contributed by atoms with Gasteiger partial charge in [0.25, 0.3) is 0 Å². The highest BCUT2D eigenvalue weighted by Crippen LogP contribution is 2.57. The molecule has 116 valence electrons. The Morgan fingerprint density at radius 1 is 1.19 bits per heavy atom.